The number of ether oxygens (including phenoxy) is 3. The van der Waals surface area contributed by atoms with E-state index in [0.29, 0.717) is 23.0 Å². The second kappa shape index (κ2) is 9.36. The fourth-order valence-electron chi connectivity index (χ4n) is 2.60. The molecule has 1 N–H and O–H groups in total. The van der Waals surface area contributed by atoms with Crippen molar-refractivity contribution in [3.8, 4) is 17.2 Å². The monoisotopic (exact) mass is 430 g/mol. The molecule has 3 rings (SSSR count). The molecule has 0 saturated heterocycles. The molecular formula is C21H22N2O6S. The summed E-state index contributed by atoms with van der Waals surface area (Å²) in [7, 11) is -0.984. The first-order valence-electron chi connectivity index (χ1n) is 8.97. The number of nitrogens with zero attached hydrogens (tertiary/aromatic N) is 1. The van der Waals surface area contributed by atoms with Gasteiger partial charge >= 0.3 is 0 Å². The van der Waals surface area contributed by atoms with E-state index in [-0.39, 0.29) is 11.5 Å². The van der Waals surface area contributed by atoms with Gasteiger partial charge in [-0.2, -0.15) is 18.4 Å². The second-order valence-corrected chi connectivity index (χ2v) is 7.89. The molecule has 3 aromatic rings. The predicted octanol–water partition coefficient (Wildman–Crippen LogP) is 3.50. The highest BCUT2D eigenvalue weighted by Crippen LogP contribution is 2.29. The highest BCUT2D eigenvalue weighted by molar-refractivity contribution is 7.89. The molecule has 1 aromatic heterocycles. The van der Waals surface area contributed by atoms with Crippen molar-refractivity contribution >= 4 is 16.2 Å². The van der Waals surface area contributed by atoms with Gasteiger partial charge in [0, 0.05) is 6.07 Å². The number of hydrogen-bond donors (Lipinski definition) is 1. The third kappa shape index (κ3) is 5.12. The van der Waals surface area contributed by atoms with Gasteiger partial charge in [0.15, 0.2) is 11.5 Å². The Morgan fingerprint density at radius 3 is 2.50 bits per heavy atom. The molecule has 0 unspecified atom stereocenters. The third-order valence-corrected chi connectivity index (χ3v) is 5.40. The van der Waals surface area contributed by atoms with Crippen molar-refractivity contribution in [3.63, 3.8) is 0 Å². The van der Waals surface area contributed by atoms with Gasteiger partial charge in [-0.05, 0) is 42.8 Å². The quantitative estimate of drug-likeness (QED) is 0.412. The fourth-order valence-corrected chi connectivity index (χ4v) is 3.41. The molecule has 158 valence electrons. The Bertz CT molecular complexity index is 1140. The molecule has 0 aliphatic rings. The van der Waals surface area contributed by atoms with Gasteiger partial charge in [-0.3, -0.25) is 0 Å². The first-order valence-corrected chi connectivity index (χ1v) is 10.5. The van der Waals surface area contributed by atoms with Gasteiger partial charge in [-0.25, -0.2) is 0 Å². The summed E-state index contributed by atoms with van der Waals surface area (Å²) in [5, 5.41) is 3.76. The summed E-state index contributed by atoms with van der Waals surface area (Å²) in [6, 6.07) is 15.3. The van der Waals surface area contributed by atoms with Crippen LogP contribution >= 0.6 is 0 Å². The van der Waals surface area contributed by atoms with Crippen molar-refractivity contribution in [1.29, 1.82) is 0 Å². The molecule has 0 saturated carbocycles. The van der Waals surface area contributed by atoms with E-state index in [1.165, 1.54) is 38.6 Å². The van der Waals surface area contributed by atoms with Crippen LogP contribution in [0.4, 0.5) is 0 Å². The third-order valence-electron chi connectivity index (χ3n) is 4.18. The van der Waals surface area contributed by atoms with Crippen molar-refractivity contribution < 1.29 is 27.0 Å². The van der Waals surface area contributed by atoms with Gasteiger partial charge in [-0.1, -0.05) is 18.2 Å². The van der Waals surface area contributed by atoms with E-state index in [4.69, 9.17) is 18.6 Å². The van der Waals surface area contributed by atoms with Crippen LogP contribution in [0, 0.1) is 6.92 Å². The van der Waals surface area contributed by atoms with Crippen LogP contribution in [0.25, 0.3) is 0 Å². The fraction of sp³-hybridized carbons (Fsp3) is 0.190. The Morgan fingerprint density at radius 2 is 1.77 bits per heavy atom. The van der Waals surface area contributed by atoms with Crippen molar-refractivity contribution in [2.75, 3.05) is 14.2 Å². The molecule has 0 bridgehead atoms. The van der Waals surface area contributed by atoms with Crippen LogP contribution in [0.1, 0.15) is 17.1 Å². The first kappa shape index (κ1) is 21.3. The number of hydrazone groups is 1. The second-order valence-electron chi connectivity index (χ2n) is 6.23. The largest absolute Gasteiger partial charge is 0.493 e. The van der Waals surface area contributed by atoms with Crippen molar-refractivity contribution in [2.24, 2.45) is 5.10 Å². The summed E-state index contributed by atoms with van der Waals surface area (Å²) in [6.07, 6.45) is 1.27. The van der Waals surface area contributed by atoms with E-state index in [2.05, 4.69) is 9.93 Å². The number of rotatable bonds is 9. The normalized spacial score (nSPS) is 11.4. The zero-order valence-electron chi connectivity index (χ0n) is 16.8. The molecule has 0 aliphatic heterocycles. The van der Waals surface area contributed by atoms with Crippen LogP contribution in [-0.2, 0) is 16.6 Å². The highest BCUT2D eigenvalue weighted by atomic mass is 32.2. The smallest absolute Gasteiger partial charge is 0.276 e. The topological polar surface area (TPSA) is 99.4 Å². The van der Waals surface area contributed by atoms with Crippen LogP contribution in [0.5, 0.6) is 17.2 Å². The maximum Gasteiger partial charge on any atom is 0.276 e. The lowest BCUT2D eigenvalue weighted by Gasteiger charge is -2.09. The number of benzene rings is 2. The molecule has 0 fully saturated rings. The molecule has 0 radical (unpaired) electrons. The minimum Gasteiger partial charge on any atom is -0.493 e. The van der Waals surface area contributed by atoms with E-state index in [1.54, 1.807) is 12.1 Å². The van der Waals surface area contributed by atoms with Gasteiger partial charge in [0.25, 0.3) is 10.0 Å². The van der Waals surface area contributed by atoms with Crippen LogP contribution in [0.3, 0.4) is 0 Å². The van der Waals surface area contributed by atoms with Crippen LogP contribution < -0.4 is 19.0 Å². The van der Waals surface area contributed by atoms with Crippen molar-refractivity contribution in [3.05, 3.63) is 71.7 Å². The average Bonchev–Trinajstić information content (AvgIpc) is 3.20. The number of methoxy groups -OCH3 is 2. The SMILES string of the molecule is COc1ccc(S(=O)(=O)N/N=C/c2ccc(COc3ccccc3C)o2)cc1OC. The molecule has 0 spiro atoms. The zero-order valence-corrected chi connectivity index (χ0v) is 17.6. The molecule has 9 heteroatoms. The van der Waals surface area contributed by atoms with Crippen LogP contribution in [0.2, 0.25) is 0 Å². The Balaban J connectivity index is 1.62. The lowest BCUT2D eigenvalue weighted by Crippen LogP contribution is -2.18. The molecule has 2 aromatic carbocycles. The lowest BCUT2D eigenvalue weighted by atomic mass is 10.2. The summed E-state index contributed by atoms with van der Waals surface area (Å²) in [5.41, 5.74) is 1.02. The molecule has 30 heavy (non-hydrogen) atoms. The maximum absolute atomic E-state index is 12.4. The Labute approximate surface area is 175 Å². The summed E-state index contributed by atoms with van der Waals surface area (Å²) in [4.78, 5) is 2.13. The van der Waals surface area contributed by atoms with E-state index in [1.807, 2.05) is 31.2 Å². The Hall–Kier alpha value is -3.46. The number of nitrogens with one attached hydrogen (secondary N) is 1. The van der Waals surface area contributed by atoms with Gasteiger partial charge in [-0.15, -0.1) is 0 Å². The van der Waals surface area contributed by atoms with Crippen LogP contribution in [0.15, 0.2) is 69.0 Å². The van der Waals surface area contributed by atoms with Gasteiger partial charge < -0.3 is 18.6 Å². The lowest BCUT2D eigenvalue weighted by molar-refractivity contribution is 0.268. The van der Waals surface area contributed by atoms with Crippen molar-refractivity contribution in [2.45, 2.75) is 18.4 Å². The Morgan fingerprint density at radius 1 is 1.00 bits per heavy atom. The first-order chi connectivity index (χ1) is 14.4. The van der Waals surface area contributed by atoms with E-state index in [9.17, 15) is 8.42 Å². The number of sulfonamides is 1. The minimum atomic E-state index is -3.88. The number of aryl methyl sites for hydroxylation is 1. The van der Waals surface area contributed by atoms with Crippen LogP contribution in [-0.4, -0.2) is 28.9 Å². The molecule has 0 atom stereocenters. The van der Waals surface area contributed by atoms with E-state index < -0.39 is 10.0 Å². The van der Waals surface area contributed by atoms with Gasteiger partial charge in [0.2, 0.25) is 0 Å². The molecule has 0 aliphatic carbocycles. The zero-order chi connectivity index (χ0) is 21.6. The van der Waals surface area contributed by atoms with Crippen molar-refractivity contribution in [1.82, 2.24) is 4.83 Å². The number of para-hydroxylation sites is 1. The molecule has 8 nitrogen and oxygen atoms in total. The van der Waals surface area contributed by atoms with E-state index >= 15 is 0 Å². The van der Waals surface area contributed by atoms with E-state index in [0.717, 1.165) is 11.3 Å². The summed E-state index contributed by atoms with van der Waals surface area (Å²) >= 11 is 0. The summed E-state index contributed by atoms with van der Waals surface area (Å²) in [6.45, 7) is 2.20. The highest BCUT2D eigenvalue weighted by Gasteiger charge is 2.16. The number of furan rings is 1. The molecular weight excluding hydrogens is 408 g/mol. The summed E-state index contributed by atoms with van der Waals surface area (Å²) in [5.74, 6) is 2.47. The molecule has 1 heterocycles. The summed E-state index contributed by atoms with van der Waals surface area (Å²) < 4.78 is 46.4. The molecule has 0 amide bonds. The number of hydrogen-bond acceptors (Lipinski definition) is 7. The standard InChI is InChI=1S/C21H22N2O6S/c1-15-6-4-5-7-19(15)28-14-17-9-8-16(29-17)13-22-23-30(24,25)18-10-11-20(26-2)21(12-18)27-3/h4-13,23H,14H2,1-3H3/b22-13+. The Kier molecular flexibility index (Phi) is 6.63. The average molecular weight is 430 g/mol. The van der Waals surface area contributed by atoms with Gasteiger partial charge in [0.05, 0.1) is 25.3 Å². The predicted molar refractivity (Wildman–Crippen MR) is 112 cm³/mol. The van der Waals surface area contributed by atoms with Gasteiger partial charge in [0.1, 0.15) is 23.9 Å². The minimum absolute atomic E-state index is 0.0101. The maximum atomic E-state index is 12.4.